The average Bonchev–Trinajstić information content (AvgIpc) is 3.02. The average molecular weight is 409 g/mol. The molecule has 1 fully saturated rings. The fourth-order valence-electron chi connectivity index (χ4n) is 4.52. The number of carbonyl (C=O) groups is 2. The summed E-state index contributed by atoms with van der Waals surface area (Å²) in [6.45, 7) is 3.81. The highest BCUT2D eigenvalue weighted by molar-refractivity contribution is 7.98. The van der Waals surface area contributed by atoms with Crippen LogP contribution in [0.3, 0.4) is 0 Å². The van der Waals surface area contributed by atoms with E-state index in [1.807, 2.05) is 23.9 Å². The number of piperidine rings is 1. The lowest BCUT2D eigenvalue weighted by molar-refractivity contribution is 0.0649. The molecule has 4 nitrogen and oxygen atoms in total. The number of hydrogen-bond acceptors (Lipinski definition) is 4. The molecule has 5 heteroatoms. The van der Waals surface area contributed by atoms with Gasteiger partial charge in [-0.3, -0.25) is 14.5 Å². The Bertz CT molecular complexity index is 855. The number of fused-ring (bicyclic) bond motifs is 1. The summed E-state index contributed by atoms with van der Waals surface area (Å²) in [4.78, 5) is 30.2. The Morgan fingerprint density at radius 3 is 2.10 bits per heavy atom. The van der Waals surface area contributed by atoms with Crippen molar-refractivity contribution in [1.29, 1.82) is 0 Å². The second-order valence-electron chi connectivity index (χ2n) is 7.87. The number of thioether (sulfide) groups is 1. The van der Waals surface area contributed by atoms with Crippen LogP contribution in [0.5, 0.6) is 0 Å². The van der Waals surface area contributed by atoms with Crippen molar-refractivity contribution in [3.63, 3.8) is 0 Å². The Balaban J connectivity index is 1.21. The molecule has 2 heterocycles. The fraction of sp³-hybridized carbons (Fsp3) is 0.417. The maximum Gasteiger partial charge on any atom is 0.261 e. The molecule has 0 unspecified atom stereocenters. The molecule has 2 aromatic rings. The Kier molecular flexibility index (Phi) is 6.36. The molecule has 0 N–H and O–H groups in total. The number of rotatable bonds is 7. The van der Waals surface area contributed by atoms with Crippen molar-refractivity contribution in [2.24, 2.45) is 0 Å². The predicted molar refractivity (Wildman–Crippen MR) is 118 cm³/mol. The Morgan fingerprint density at radius 1 is 0.862 bits per heavy atom. The highest BCUT2D eigenvalue weighted by Gasteiger charge is 2.34. The third-order valence-electron chi connectivity index (χ3n) is 6.15. The number of unbranched alkanes of at least 4 members (excludes halogenated alkanes) is 1. The maximum absolute atomic E-state index is 12.4. The maximum atomic E-state index is 12.4. The van der Waals surface area contributed by atoms with Gasteiger partial charge in [-0.2, -0.15) is 0 Å². The van der Waals surface area contributed by atoms with Crippen LogP contribution >= 0.6 is 11.8 Å². The van der Waals surface area contributed by atoms with Gasteiger partial charge in [0.05, 0.1) is 11.1 Å². The first kappa shape index (κ1) is 20.2. The Hall–Kier alpha value is -2.11. The molecule has 4 rings (SSSR count). The van der Waals surface area contributed by atoms with E-state index in [2.05, 4.69) is 35.4 Å². The van der Waals surface area contributed by atoms with E-state index in [-0.39, 0.29) is 11.8 Å². The smallest absolute Gasteiger partial charge is 0.261 e. The summed E-state index contributed by atoms with van der Waals surface area (Å²) in [6, 6.07) is 15.9. The van der Waals surface area contributed by atoms with E-state index in [0.29, 0.717) is 23.6 Å². The van der Waals surface area contributed by atoms with Gasteiger partial charge in [0.15, 0.2) is 0 Å². The van der Waals surface area contributed by atoms with Crippen LogP contribution in [0.4, 0.5) is 0 Å². The van der Waals surface area contributed by atoms with E-state index in [4.69, 9.17) is 0 Å². The first-order valence-electron chi connectivity index (χ1n) is 10.5. The van der Waals surface area contributed by atoms with E-state index >= 15 is 0 Å². The monoisotopic (exact) mass is 408 g/mol. The number of amides is 2. The van der Waals surface area contributed by atoms with Crippen molar-refractivity contribution in [3.8, 4) is 0 Å². The van der Waals surface area contributed by atoms with Gasteiger partial charge in [0.1, 0.15) is 0 Å². The minimum absolute atomic E-state index is 0.140. The second kappa shape index (κ2) is 9.14. The summed E-state index contributed by atoms with van der Waals surface area (Å²) >= 11 is 1.84. The predicted octanol–water partition coefficient (Wildman–Crippen LogP) is 4.66. The van der Waals surface area contributed by atoms with Gasteiger partial charge in [0.2, 0.25) is 0 Å². The number of hydrogen-bond donors (Lipinski definition) is 0. The Morgan fingerprint density at radius 2 is 1.45 bits per heavy atom. The first-order valence-corrected chi connectivity index (χ1v) is 11.7. The van der Waals surface area contributed by atoms with E-state index in [9.17, 15) is 9.59 Å². The van der Waals surface area contributed by atoms with E-state index in [1.54, 1.807) is 12.1 Å². The molecule has 29 heavy (non-hydrogen) atoms. The molecule has 152 valence electrons. The molecule has 2 aliphatic heterocycles. The van der Waals surface area contributed by atoms with Crippen LogP contribution in [-0.2, 0) is 0 Å². The topological polar surface area (TPSA) is 40.6 Å². The highest BCUT2D eigenvalue weighted by Crippen LogP contribution is 2.34. The quantitative estimate of drug-likeness (QED) is 0.379. The number of nitrogens with zero attached hydrogens (tertiary/aromatic N) is 2. The largest absolute Gasteiger partial charge is 0.303 e. The molecular formula is C24H28N2O2S. The highest BCUT2D eigenvalue weighted by atomic mass is 32.2. The van der Waals surface area contributed by atoms with Gasteiger partial charge in [-0.1, -0.05) is 30.3 Å². The van der Waals surface area contributed by atoms with Crippen molar-refractivity contribution in [2.75, 3.05) is 32.4 Å². The van der Waals surface area contributed by atoms with E-state index in [0.717, 1.165) is 32.5 Å². The fourth-order valence-corrected chi connectivity index (χ4v) is 5.20. The number of imide groups is 1. The minimum atomic E-state index is -0.140. The number of carbonyl (C=O) groups excluding carboxylic acids is 2. The van der Waals surface area contributed by atoms with Gasteiger partial charge in [-0.25, -0.2) is 0 Å². The van der Waals surface area contributed by atoms with Gasteiger partial charge in [-0.05, 0) is 81.3 Å². The lowest BCUT2D eigenvalue weighted by Crippen LogP contribution is -2.35. The zero-order chi connectivity index (χ0) is 20.2. The molecule has 0 bridgehead atoms. The van der Waals surface area contributed by atoms with E-state index < -0.39 is 0 Å². The molecule has 2 aliphatic rings. The normalized spacial score (nSPS) is 17.8. The molecule has 2 aromatic carbocycles. The molecule has 0 aromatic heterocycles. The minimum Gasteiger partial charge on any atom is -0.303 e. The van der Waals surface area contributed by atoms with Crippen molar-refractivity contribution < 1.29 is 9.59 Å². The van der Waals surface area contributed by atoms with Crippen LogP contribution in [-0.4, -0.2) is 54.0 Å². The third-order valence-corrected chi connectivity index (χ3v) is 6.96. The Labute approximate surface area is 177 Å². The van der Waals surface area contributed by atoms with E-state index in [1.165, 1.54) is 28.2 Å². The summed E-state index contributed by atoms with van der Waals surface area (Å²) in [6.07, 6.45) is 6.44. The van der Waals surface area contributed by atoms with Gasteiger partial charge >= 0.3 is 0 Å². The summed E-state index contributed by atoms with van der Waals surface area (Å²) in [7, 11) is 0. The number of likely N-dealkylation sites (tertiary alicyclic amines) is 1. The molecule has 0 aliphatic carbocycles. The van der Waals surface area contributed by atoms with Crippen LogP contribution in [0.1, 0.15) is 57.9 Å². The van der Waals surface area contributed by atoms with Crippen LogP contribution < -0.4 is 0 Å². The lowest BCUT2D eigenvalue weighted by Gasteiger charge is -2.33. The summed E-state index contributed by atoms with van der Waals surface area (Å²) in [5.74, 6) is 0.381. The van der Waals surface area contributed by atoms with Gasteiger partial charge < -0.3 is 4.90 Å². The summed E-state index contributed by atoms with van der Waals surface area (Å²) < 4.78 is 0. The van der Waals surface area contributed by atoms with Crippen LogP contribution in [0.25, 0.3) is 0 Å². The van der Waals surface area contributed by atoms with Crippen LogP contribution in [0, 0.1) is 0 Å². The van der Waals surface area contributed by atoms with Crippen molar-refractivity contribution in [2.45, 2.75) is 36.5 Å². The molecule has 0 atom stereocenters. The zero-order valence-corrected chi connectivity index (χ0v) is 17.8. The SMILES string of the molecule is CSc1ccccc1C1CCN(CCCCN2C(=O)c3ccccc3C2=O)CC1. The molecule has 1 saturated heterocycles. The standard InChI is InChI=1S/C24H28N2O2S/c1-29-22-11-5-4-8-19(22)18-12-16-25(17-13-18)14-6-7-15-26-23(27)20-9-2-3-10-21(20)24(26)28/h2-5,8-11,18H,6-7,12-17H2,1H3. The summed E-state index contributed by atoms with van der Waals surface area (Å²) in [5.41, 5.74) is 2.60. The van der Waals surface area contributed by atoms with Crippen LogP contribution in [0.2, 0.25) is 0 Å². The van der Waals surface area contributed by atoms with Gasteiger partial charge in [0.25, 0.3) is 11.8 Å². The molecule has 0 saturated carbocycles. The number of benzene rings is 2. The van der Waals surface area contributed by atoms with Crippen molar-refractivity contribution >= 4 is 23.6 Å². The molecular weight excluding hydrogens is 380 g/mol. The molecule has 2 amide bonds. The van der Waals surface area contributed by atoms with Crippen LogP contribution in [0.15, 0.2) is 53.4 Å². The van der Waals surface area contributed by atoms with Crippen molar-refractivity contribution in [3.05, 3.63) is 65.2 Å². The zero-order valence-electron chi connectivity index (χ0n) is 17.0. The molecule has 0 radical (unpaired) electrons. The second-order valence-corrected chi connectivity index (χ2v) is 8.72. The van der Waals surface area contributed by atoms with Crippen molar-refractivity contribution in [1.82, 2.24) is 9.80 Å². The van der Waals surface area contributed by atoms with Gasteiger partial charge in [0, 0.05) is 11.4 Å². The molecule has 0 spiro atoms. The van der Waals surface area contributed by atoms with Gasteiger partial charge in [-0.15, -0.1) is 11.8 Å². The first-order chi connectivity index (χ1) is 14.2. The third kappa shape index (κ3) is 4.26. The summed E-state index contributed by atoms with van der Waals surface area (Å²) in [5, 5.41) is 0. The lowest BCUT2D eigenvalue weighted by atomic mass is 9.89.